The molecule has 0 atom stereocenters. The Balaban J connectivity index is 2.59. The summed E-state index contributed by atoms with van der Waals surface area (Å²) >= 11 is 1.21. The summed E-state index contributed by atoms with van der Waals surface area (Å²) in [7, 11) is -3.72. The van der Waals surface area contributed by atoms with E-state index in [0.717, 1.165) is 0 Å². The van der Waals surface area contributed by atoms with E-state index in [1.54, 1.807) is 0 Å². The number of methoxy groups -OCH3 is 1. The van der Waals surface area contributed by atoms with Gasteiger partial charge < -0.3 is 8.92 Å². The lowest BCUT2D eigenvalue weighted by molar-refractivity contribution is -0.137. The molecule has 0 aromatic heterocycles. The van der Waals surface area contributed by atoms with Crippen molar-refractivity contribution in [2.45, 2.75) is 4.90 Å². The molecule has 0 bridgehead atoms. The molecule has 0 saturated carbocycles. The number of hydrogen-bond donors (Lipinski definition) is 0. The van der Waals surface area contributed by atoms with Crippen molar-refractivity contribution in [1.29, 1.82) is 0 Å². The molecule has 1 aromatic rings. The molecule has 0 radical (unpaired) electrons. The van der Waals surface area contributed by atoms with Crippen molar-refractivity contribution in [3.63, 3.8) is 0 Å². The van der Waals surface area contributed by atoms with E-state index in [9.17, 15) is 17.1 Å². The maximum atomic E-state index is 12.2. The molecule has 0 unspecified atom stereocenters. The highest BCUT2D eigenvalue weighted by Crippen LogP contribution is 2.22. The van der Waals surface area contributed by atoms with Gasteiger partial charge in [0, 0.05) is 4.90 Å². The molecule has 0 fully saturated rings. The predicted molar refractivity (Wildman–Crippen MR) is 59.8 cm³/mol. The van der Waals surface area contributed by atoms with Gasteiger partial charge in [-0.1, -0.05) is 3.89 Å². The number of carbonyl (C=O) groups excluding carboxylic acids is 1. The summed E-state index contributed by atoms with van der Waals surface area (Å²) in [5, 5.41) is 0. The number of hydrogen-bond acceptors (Lipinski definition) is 6. The highest BCUT2D eigenvalue weighted by molar-refractivity contribution is 8.00. The molecule has 0 saturated heterocycles. The second kappa shape index (κ2) is 5.87. The van der Waals surface area contributed by atoms with Crippen molar-refractivity contribution in [3.8, 4) is 5.75 Å². The largest absolute Gasteiger partial charge is 0.488 e. The van der Waals surface area contributed by atoms with Gasteiger partial charge in [-0.3, -0.25) is 4.79 Å². The molecule has 1 rings (SSSR count). The summed E-state index contributed by atoms with van der Waals surface area (Å²) in [5.41, 5.74) is 0. The van der Waals surface area contributed by atoms with Crippen molar-refractivity contribution >= 4 is 28.2 Å². The van der Waals surface area contributed by atoms with Crippen LogP contribution in [0.1, 0.15) is 0 Å². The average molecular weight is 280 g/mol. The zero-order valence-corrected chi connectivity index (χ0v) is 10.4. The van der Waals surface area contributed by atoms with E-state index in [2.05, 4.69) is 8.92 Å². The Morgan fingerprint density at radius 3 is 2.41 bits per heavy atom. The van der Waals surface area contributed by atoms with Crippen molar-refractivity contribution in [2.24, 2.45) is 0 Å². The molecule has 0 aliphatic heterocycles. The van der Waals surface area contributed by atoms with E-state index >= 15 is 0 Å². The third-order valence-corrected chi connectivity index (χ3v) is 2.98. The lowest BCUT2D eigenvalue weighted by Gasteiger charge is -2.02. The Morgan fingerprint density at radius 1 is 1.35 bits per heavy atom. The molecule has 0 spiro atoms. The molecule has 0 aliphatic rings. The Morgan fingerprint density at radius 2 is 1.94 bits per heavy atom. The van der Waals surface area contributed by atoms with Crippen LogP contribution < -0.4 is 4.18 Å². The van der Waals surface area contributed by atoms with E-state index in [1.807, 2.05) is 0 Å². The van der Waals surface area contributed by atoms with Crippen LogP contribution in [0, 0.1) is 0 Å². The van der Waals surface area contributed by atoms with Crippen LogP contribution in [0.15, 0.2) is 29.2 Å². The van der Waals surface area contributed by atoms with Gasteiger partial charge in [0.1, 0.15) is 5.75 Å². The summed E-state index contributed by atoms with van der Waals surface area (Å²) in [4.78, 5) is 11.6. The minimum Gasteiger partial charge on any atom is -0.468 e. The molecular weight excluding hydrogens is 271 g/mol. The van der Waals surface area contributed by atoms with E-state index in [0.29, 0.717) is 4.90 Å². The van der Waals surface area contributed by atoms with Gasteiger partial charge in [-0.2, -0.15) is 8.42 Å². The Bertz CT molecular complexity index is 483. The first-order chi connectivity index (χ1) is 7.90. The summed E-state index contributed by atoms with van der Waals surface area (Å²) in [6.07, 6.45) is 0. The fourth-order valence-corrected chi connectivity index (χ4v) is 1.98. The Labute approximate surface area is 102 Å². The number of halogens is 1. The Hall–Kier alpha value is -1.28. The van der Waals surface area contributed by atoms with Gasteiger partial charge in [0.25, 0.3) is 0 Å². The smallest absolute Gasteiger partial charge is 0.468 e. The first-order valence-corrected chi connectivity index (χ1v) is 6.64. The van der Waals surface area contributed by atoms with Crippen molar-refractivity contribution in [3.05, 3.63) is 24.3 Å². The quantitative estimate of drug-likeness (QED) is 0.463. The minimum atomic E-state index is -5.00. The summed E-state index contributed by atoms with van der Waals surface area (Å²) in [6.45, 7) is 0. The zero-order valence-electron chi connectivity index (χ0n) is 8.75. The normalized spacial score (nSPS) is 10.9. The van der Waals surface area contributed by atoms with Gasteiger partial charge in [0.15, 0.2) is 0 Å². The second-order valence-corrected chi connectivity index (χ2v) is 4.81. The van der Waals surface area contributed by atoms with Gasteiger partial charge >= 0.3 is 16.5 Å². The van der Waals surface area contributed by atoms with Crippen LogP contribution in [-0.2, 0) is 20.0 Å². The molecule has 94 valence electrons. The number of carbonyl (C=O) groups is 1. The lowest BCUT2D eigenvalue weighted by atomic mass is 10.3. The summed E-state index contributed by atoms with van der Waals surface area (Å²) in [6, 6.07) is 5.59. The van der Waals surface area contributed by atoms with Crippen LogP contribution in [0.2, 0.25) is 0 Å². The standard InChI is InChI=1S/C9H9FO5S2/c1-14-9(11)6-16-8-4-2-7(3-5-8)15-17(10,12)13/h2-5H,6H2,1H3. The van der Waals surface area contributed by atoms with Crippen molar-refractivity contribution < 1.29 is 26.0 Å². The molecule has 0 heterocycles. The fraction of sp³-hybridized carbons (Fsp3) is 0.222. The molecule has 1 aromatic carbocycles. The third kappa shape index (κ3) is 5.55. The van der Waals surface area contributed by atoms with Crippen molar-refractivity contribution in [1.82, 2.24) is 0 Å². The number of ether oxygens (including phenoxy) is 1. The average Bonchev–Trinajstić information content (AvgIpc) is 2.25. The fourth-order valence-electron chi connectivity index (χ4n) is 0.908. The maximum Gasteiger partial charge on any atom is 0.488 e. The van der Waals surface area contributed by atoms with E-state index < -0.39 is 10.5 Å². The molecule has 0 amide bonds. The van der Waals surface area contributed by atoms with Gasteiger partial charge in [-0.05, 0) is 24.3 Å². The summed E-state index contributed by atoms with van der Waals surface area (Å²) < 4.78 is 41.0. The van der Waals surface area contributed by atoms with Crippen LogP contribution in [-0.4, -0.2) is 27.2 Å². The van der Waals surface area contributed by atoms with Crippen LogP contribution in [0.5, 0.6) is 5.75 Å². The monoisotopic (exact) mass is 280 g/mol. The molecule has 8 heteroatoms. The maximum absolute atomic E-state index is 12.2. The number of thioether (sulfide) groups is 1. The van der Waals surface area contributed by atoms with E-state index in [4.69, 9.17) is 0 Å². The zero-order chi connectivity index (χ0) is 12.9. The molecule has 0 aliphatic carbocycles. The summed E-state index contributed by atoms with van der Waals surface area (Å²) in [5.74, 6) is -0.366. The van der Waals surface area contributed by atoms with Gasteiger partial charge in [-0.25, -0.2) is 0 Å². The number of benzene rings is 1. The van der Waals surface area contributed by atoms with Crippen molar-refractivity contribution in [2.75, 3.05) is 12.9 Å². The van der Waals surface area contributed by atoms with Gasteiger partial charge in [0.2, 0.25) is 0 Å². The number of esters is 1. The third-order valence-electron chi connectivity index (χ3n) is 1.60. The molecule has 0 N–H and O–H groups in total. The number of rotatable bonds is 5. The van der Waals surface area contributed by atoms with Crippen LogP contribution >= 0.6 is 11.8 Å². The van der Waals surface area contributed by atoms with Crippen LogP contribution in [0.25, 0.3) is 0 Å². The highest BCUT2D eigenvalue weighted by Gasteiger charge is 2.09. The first-order valence-electron chi connectivity index (χ1n) is 4.34. The van der Waals surface area contributed by atoms with Gasteiger partial charge in [0.05, 0.1) is 12.9 Å². The Kier molecular flexibility index (Phi) is 4.76. The SMILES string of the molecule is COC(=O)CSc1ccc(OS(=O)(=O)F)cc1. The molecule has 5 nitrogen and oxygen atoms in total. The van der Waals surface area contributed by atoms with Crippen LogP contribution in [0.4, 0.5) is 3.89 Å². The lowest BCUT2D eigenvalue weighted by Crippen LogP contribution is -2.03. The molecule has 17 heavy (non-hydrogen) atoms. The van der Waals surface area contributed by atoms with Gasteiger partial charge in [-0.15, -0.1) is 11.8 Å². The minimum absolute atomic E-state index is 0.130. The highest BCUT2D eigenvalue weighted by atomic mass is 32.3. The van der Waals surface area contributed by atoms with Crippen LogP contribution in [0.3, 0.4) is 0 Å². The van der Waals surface area contributed by atoms with E-state index in [-0.39, 0.29) is 17.5 Å². The van der Waals surface area contributed by atoms with E-state index in [1.165, 1.54) is 43.1 Å². The molecular formula is C9H9FO5S2. The first kappa shape index (κ1) is 13.8. The topological polar surface area (TPSA) is 69.7 Å². The second-order valence-electron chi connectivity index (χ2n) is 2.81. The predicted octanol–water partition coefficient (Wildman–Crippen LogP) is 1.54.